The zero-order valence-electron chi connectivity index (χ0n) is 16.5. The van der Waals surface area contributed by atoms with Gasteiger partial charge in [0.05, 0.1) is 5.70 Å². The van der Waals surface area contributed by atoms with Crippen LogP contribution in [0.2, 0.25) is 0 Å². The molecule has 2 rings (SSSR count). The molecule has 0 radical (unpaired) electrons. The molecule has 0 bridgehead atoms. The van der Waals surface area contributed by atoms with Gasteiger partial charge >= 0.3 is 5.97 Å². The van der Waals surface area contributed by atoms with Crippen molar-refractivity contribution in [3.05, 3.63) is 41.3 Å². The number of carbonyl (C=O) groups excluding carboxylic acids is 3. The summed E-state index contributed by atoms with van der Waals surface area (Å²) in [4.78, 5) is 33.2. The predicted octanol–water partition coefficient (Wildman–Crippen LogP) is 0.206. The number of hydrogen-bond donors (Lipinski definition) is 3. The second-order valence-corrected chi connectivity index (χ2v) is 7.05. The van der Waals surface area contributed by atoms with Crippen molar-refractivity contribution in [3.8, 4) is 0 Å². The number of rotatable bonds is 9. The molecule has 1 aromatic carbocycles. The van der Waals surface area contributed by atoms with Crippen molar-refractivity contribution in [1.82, 2.24) is 5.01 Å². The zero-order valence-corrected chi connectivity index (χ0v) is 17.4. The van der Waals surface area contributed by atoms with E-state index in [1.165, 1.54) is 0 Å². The van der Waals surface area contributed by atoms with Gasteiger partial charge in [-0.05, 0) is 12.1 Å². The fourth-order valence-corrected chi connectivity index (χ4v) is 3.47. The molecule has 4 N–H and O–H groups in total. The highest BCUT2D eigenvalue weighted by molar-refractivity contribution is 7.80. The van der Waals surface area contributed by atoms with E-state index in [4.69, 9.17) is 30.5 Å². The van der Waals surface area contributed by atoms with Crippen LogP contribution in [0.15, 0.2) is 18.3 Å². The first-order valence-electron chi connectivity index (χ1n) is 8.91. The lowest BCUT2D eigenvalue weighted by Crippen LogP contribution is -2.65. The number of benzene rings is 1. The third kappa shape index (κ3) is 5.83. The van der Waals surface area contributed by atoms with Gasteiger partial charge in [-0.3, -0.25) is 14.4 Å². The van der Waals surface area contributed by atoms with Crippen LogP contribution in [0.1, 0.15) is 12.5 Å². The van der Waals surface area contributed by atoms with E-state index in [2.05, 4.69) is 12.6 Å². The van der Waals surface area contributed by atoms with Gasteiger partial charge in [0.15, 0.2) is 29.7 Å². The Morgan fingerprint density at radius 3 is 2.28 bits per heavy atom. The number of carbonyl (C=O) groups is 3. The van der Waals surface area contributed by atoms with Crippen molar-refractivity contribution in [3.63, 3.8) is 0 Å². The molecule has 5 atom stereocenters. The second-order valence-electron chi connectivity index (χ2n) is 6.54. The van der Waals surface area contributed by atoms with Crippen LogP contribution in [0.3, 0.4) is 0 Å². The first-order chi connectivity index (χ1) is 15.1. The van der Waals surface area contributed by atoms with Crippen molar-refractivity contribution < 1.29 is 46.5 Å². The van der Waals surface area contributed by atoms with E-state index >= 15 is 0 Å². The first-order valence-corrected chi connectivity index (χ1v) is 9.42. The van der Waals surface area contributed by atoms with E-state index in [-0.39, 0.29) is 30.8 Å². The minimum Gasteiger partial charge on any atom is -0.463 e. The molecular weight excluding hydrogens is 459 g/mol. The van der Waals surface area contributed by atoms with Crippen LogP contribution >= 0.6 is 12.6 Å². The molecule has 10 nitrogen and oxygen atoms in total. The van der Waals surface area contributed by atoms with Crippen LogP contribution in [-0.4, -0.2) is 60.3 Å². The van der Waals surface area contributed by atoms with Gasteiger partial charge in [-0.1, -0.05) is 0 Å². The van der Waals surface area contributed by atoms with Crippen molar-refractivity contribution in [1.29, 1.82) is 0 Å². The molecule has 1 heterocycles. The predicted molar refractivity (Wildman–Crippen MR) is 104 cm³/mol. The highest BCUT2D eigenvalue weighted by Gasteiger charge is 2.50. The van der Waals surface area contributed by atoms with Gasteiger partial charge in [0.25, 0.3) is 12.9 Å². The smallest absolute Gasteiger partial charge is 0.302 e. The molecule has 0 aliphatic carbocycles. The molecule has 1 fully saturated rings. The van der Waals surface area contributed by atoms with Crippen LogP contribution in [-0.2, 0) is 33.3 Å². The third-order valence-electron chi connectivity index (χ3n) is 4.46. The van der Waals surface area contributed by atoms with E-state index in [1.807, 2.05) is 0 Å². The largest absolute Gasteiger partial charge is 0.463 e. The van der Waals surface area contributed by atoms with Gasteiger partial charge in [0.1, 0.15) is 24.2 Å². The normalized spacial score (nSPS) is 25.6. The number of hydrogen-bond acceptors (Lipinski definition) is 11. The van der Waals surface area contributed by atoms with Crippen molar-refractivity contribution >= 4 is 37.2 Å². The first kappa shape index (κ1) is 25.3. The van der Waals surface area contributed by atoms with Crippen LogP contribution in [0.4, 0.5) is 13.2 Å². The Labute approximate surface area is 185 Å². The van der Waals surface area contributed by atoms with Gasteiger partial charge in [-0.2, -0.15) is 0 Å². The average Bonchev–Trinajstić information content (AvgIpc) is 2.72. The number of nitrogens with two attached hydrogens (primary N) is 2. The molecule has 1 aromatic rings. The van der Waals surface area contributed by atoms with E-state index in [1.54, 1.807) is 0 Å². The monoisotopic (exact) mass is 479 g/mol. The lowest BCUT2D eigenvalue weighted by atomic mass is 9.96. The molecule has 32 heavy (non-hydrogen) atoms. The van der Waals surface area contributed by atoms with Gasteiger partial charge in [-0.25, -0.2) is 19.0 Å². The average molecular weight is 479 g/mol. The Morgan fingerprint density at radius 2 is 1.75 bits per heavy atom. The van der Waals surface area contributed by atoms with E-state index in [0.717, 1.165) is 18.1 Å². The Bertz CT molecular complexity index is 868. The zero-order chi connectivity index (χ0) is 24.0. The van der Waals surface area contributed by atoms with Gasteiger partial charge in [-0.15, -0.1) is 12.6 Å². The number of halogens is 3. The Kier molecular flexibility index (Phi) is 8.74. The standard InChI is InChI=1S/C18H20F3N3O7S/c1-8(27)28-5-13-16(29-6-25)15(17(30-7-26)18(32)31-13)24(23)4-12(22)9-2-10(19)14(21)11(20)3-9/h2-4,6-7,13,15-18,32H,5,22-23H2,1H3/b12-4-. The minimum atomic E-state index is -1.68. The molecule has 0 spiro atoms. The number of esters is 1. The summed E-state index contributed by atoms with van der Waals surface area (Å²) < 4.78 is 60.7. The summed E-state index contributed by atoms with van der Waals surface area (Å²) in [5, 5.41) is 0.851. The van der Waals surface area contributed by atoms with Crippen LogP contribution in [0.25, 0.3) is 5.70 Å². The molecule has 0 aromatic heterocycles. The SMILES string of the molecule is CC(=O)OCC1OC(S)C(OC=O)C(N(N)/C=C(\N)c2cc(F)c(F)c(F)c2)C1OC=O. The summed E-state index contributed by atoms with van der Waals surface area (Å²) in [7, 11) is 0. The summed E-state index contributed by atoms with van der Waals surface area (Å²) in [6.45, 7) is 0.938. The molecule has 0 amide bonds. The molecule has 1 aliphatic rings. The topological polar surface area (TPSA) is 143 Å². The maximum atomic E-state index is 13.5. The van der Waals surface area contributed by atoms with Crippen molar-refractivity contribution in [2.75, 3.05) is 6.61 Å². The number of ether oxygens (including phenoxy) is 4. The Morgan fingerprint density at radius 1 is 1.19 bits per heavy atom. The van der Waals surface area contributed by atoms with E-state index in [0.29, 0.717) is 12.1 Å². The maximum absolute atomic E-state index is 13.5. The van der Waals surface area contributed by atoms with Crippen LogP contribution < -0.4 is 11.6 Å². The highest BCUT2D eigenvalue weighted by atomic mass is 32.1. The van der Waals surface area contributed by atoms with E-state index < -0.39 is 53.2 Å². The fourth-order valence-electron chi connectivity index (χ4n) is 3.07. The van der Waals surface area contributed by atoms with Gasteiger partial charge < -0.3 is 29.7 Å². The Balaban J connectivity index is 2.43. The van der Waals surface area contributed by atoms with Crippen molar-refractivity contribution in [2.24, 2.45) is 11.6 Å². The summed E-state index contributed by atoms with van der Waals surface area (Å²) in [5.74, 6) is 0.755. The lowest BCUT2D eigenvalue weighted by molar-refractivity contribution is -0.207. The number of thiol groups is 1. The summed E-state index contributed by atoms with van der Waals surface area (Å²) in [6.07, 6.45) is -2.58. The maximum Gasteiger partial charge on any atom is 0.302 e. The second kappa shape index (κ2) is 11.1. The molecule has 0 saturated carbocycles. The summed E-state index contributed by atoms with van der Waals surface area (Å²) in [6, 6.07) is 0.0910. The molecule has 176 valence electrons. The van der Waals surface area contributed by atoms with Crippen molar-refractivity contribution in [2.45, 2.75) is 36.7 Å². The summed E-state index contributed by atoms with van der Waals surface area (Å²) in [5.41, 5.74) is 4.17. The molecule has 14 heteroatoms. The highest BCUT2D eigenvalue weighted by Crippen LogP contribution is 2.30. The Hall–Kier alpha value is -2.97. The molecule has 1 saturated heterocycles. The van der Waals surface area contributed by atoms with E-state index in [9.17, 15) is 27.6 Å². The van der Waals surface area contributed by atoms with Crippen LogP contribution in [0.5, 0.6) is 0 Å². The third-order valence-corrected chi connectivity index (χ3v) is 4.88. The molecular formula is C18H20F3N3O7S. The lowest BCUT2D eigenvalue weighted by Gasteiger charge is -2.45. The quantitative estimate of drug-likeness (QED) is 0.0855. The van der Waals surface area contributed by atoms with Gasteiger partial charge in [0, 0.05) is 18.7 Å². The fraction of sp³-hybridized carbons (Fsp3) is 0.389. The number of hydrazine groups is 1. The molecule has 1 aliphatic heterocycles. The minimum absolute atomic E-state index is 0.0737. The van der Waals surface area contributed by atoms with Crippen LogP contribution in [0, 0.1) is 17.5 Å². The van der Waals surface area contributed by atoms with Gasteiger partial charge in [0.2, 0.25) is 0 Å². The molecule has 5 unspecified atom stereocenters. The number of nitrogens with zero attached hydrogens (tertiary/aromatic N) is 1. The summed E-state index contributed by atoms with van der Waals surface area (Å²) >= 11 is 4.19.